The molecule has 1 aromatic carbocycles. The molecule has 8 heteroatoms. The number of nitrogens with one attached hydrogen (secondary N) is 2. The number of aromatic carboxylic acids is 1. The Morgan fingerprint density at radius 3 is 2.45 bits per heavy atom. The number of aromatic hydroxyl groups is 1. The lowest BCUT2D eigenvalue weighted by atomic mass is 10.2. The van der Waals surface area contributed by atoms with Crippen LogP contribution in [0.3, 0.4) is 0 Å². The molecule has 0 aliphatic rings. The second kappa shape index (κ2) is 5.35. The van der Waals surface area contributed by atoms with E-state index in [1.807, 2.05) is 0 Å². The molecule has 7 nitrogen and oxygen atoms in total. The molecule has 1 aromatic heterocycles. The Bertz CT molecular complexity index is 719. The maximum Gasteiger partial charge on any atom is 0.352 e. The summed E-state index contributed by atoms with van der Waals surface area (Å²) >= 11 is 0. The van der Waals surface area contributed by atoms with Crippen molar-refractivity contribution in [3.63, 3.8) is 0 Å². The highest BCUT2D eigenvalue weighted by Gasteiger charge is 2.17. The Kier molecular flexibility index (Phi) is 3.77. The summed E-state index contributed by atoms with van der Waals surface area (Å²) in [6, 6.07) is 7.10. The summed E-state index contributed by atoms with van der Waals surface area (Å²) in [7, 11) is -3.79. The van der Waals surface area contributed by atoms with Crippen LogP contribution in [0.1, 0.15) is 16.1 Å². The molecular weight excluding hydrogens is 284 g/mol. The summed E-state index contributed by atoms with van der Waals surface area (Å²) in [5.41, 5.74) is 0.468. The topological polar surface area (TPSA) is 119 Å². The number of hydrogen-bond acceptors (Lipinski definition) is 4. The zero-order valence-electron chi connectivity index (χ0n) is 10.2. The fourth-order valence-electron chi connectivity index (χ4n) is 1.53. The van der Waals surface area contributed by atoms with E-state index in [1.165, 1.54) is 12.1 Å². The summed E-state index contributed by atoms with van der Waals surface area (Å²) in [4.78, 5) is 12.9. The van der Waals surface area contributed by atoms with Crippen molar-refractivity contribution in [2.75, 3.05) is 0 Å². The number of carboxylic acids is 1. The third-order valence-corrected chi connectivity index (χ3v) is 3.98. The second-order valence-corrected chi connectivity index (χ2v) is 5.81. The van der Waals surface area contributed by atoms with Crippen LogP contribution in [0.4, 0.5) is 0 Å². The van der Waals surface area contributed by atoms with Gasteiger partial charge in [-0.15, -0.1) is 0 Å². The number of aromatic nitrogens is 1. The Labute approximate surface area is 114 Å². The number of carboxylic acid groups (broad SMARTS) is 1. The summed E-state index contributed by atoms with van der Waals surface area (Å²) in [5.74, 6) is -1.14. The molecular formula is C12H12N2O5S. The number of phenols is 1. The zero-order valence-corrected chi connectivity index (χ0v) is 11.0. The first kappa shape index (κ1) is 14.1. The van der Waals surface area contributed by atoms with Gasteiger partial charge >= 0.3 is 5.97 Å². The molecule has 0 radical (unpaired) electrons. The second-order valence-electron chi connectivity index (χ2n) is 4.05. The van der Waals surface area contributed by atoms with Crippen LogP contribution in [0.5, 0.6) is 5.75 Å². The van der Waals surface area contributed by atoms with Crippen molar-refractivity contribution in [3.8, 4) is 5.75 Å². The molecule has 0 saturated carbocycles. The first-order valence-corrected chi connectivity index (χ1v) is 7.06. The minimum atomic E-state index is -3.79. The van der Waals surface area contributed by atoms with Gasteiger partial charge in [-0.05, 0) is 23.8 Å². The number of hydrogen-bond donors (Lipinski definition) is 4. The van der Waals surface area contributed by atoms with E-state index >= 15 is 0 Å². The van der Waals surface area contributed by atoms with E-state index in [-0.39, 0.29) is 22.9 Å². The van der Waals surface area contributed by atoms with Crippen LogP contribution in [-0.2, 0) is 16.6 Å². The fraction of sp³-hybridized carbons (Fsp3) is 0.0833. The SMILES string of the molecule is O=C(O)c1cc(S(=O)(=O)NCc2ccc(O)cc2)c[nH]1. The van der Waals surface area contributed by atoms with Gasteiger partial charge in [0.25, 0.3) is 0 Å². The van der Waals surface area contributed by atoms with Crippen molar-refractivity contribution >= 4 is 16.0 Å². The lowest BCUT2D eigenvalue weighted by Gasteiger charge is -2.05. The van der Waals surface area contributed by atoms with Gasteiger partial charge < -0.3 is 15.2 Å². The van der Waals surface area contributed by atoms with Gasteiger partial charge in [0, 0.05) is 12.7 Å². The van der Waals surface area contributed by atoms with Gasteiger partial charge in [-0.3, -0.25) is 0 Å². The number of H-pyrrole nitrogens is 1. The predicted molar refractivity (Wildman–Crippen MR) is 69.9 cm³/mol. The van der Waals surface area contributed by atoms with E-state index in [9.17, 15) is 13.2 Å². The maximum atomic E-state index is 11.9. The Balaban J connectivity index is 2.10. The smallest absolute Gasteiger partial charge is 0.352 e. The first-order chi connectivity index (χ1) is 9.38. The van der Waals surface area contributed by atoms with Gasteiger partial charge in [-0.2, -0.15) is 0 Å². The van der Waals surface area contributed by atoms with Gasteiger partial charge in [0.2, 0.25) is 10.0 Å². The molecule has 0 unspecified atom stereocenters. The van der Waals surface area contributed by atoms with Crippen molar-refractivity contribution in [2.24, 2.45) is 0 Å². The summed E-state index contributed by atoms with van der Waals surface area (Å²) in [6.07, 6.45) is 1.11. The Hall–Kier alpha value is -2.32. The molecule has 2 aromatic rings. The molecule has 106 valence electrons. The molecule has 0 fully saturated rings. The number of benzene rings is 1. The lowest BCUT2D eigenvalue weighted by molar-refractivity contribution is 0.0691. The molecule has 0 spiro atoms. The molecule has 2 rings (SSSR count). The largest absolute Gasteiger partial charge is 0.508 e. The quantitative estimate of drug-likeness (QED) is 0.653. The highest BCUT2D eigenvalue weighted by molar-refractivity contribution is 7.89. The number of aromatic amines is 1. The van der Waals surface area contributed by atoms with Crippen molar-refractivity contribution < 1.29 is 23.4 Å². The zero-order chi connectivity index (χ0) is 14.8. The van der Waals surface area contributed by atoms with Crippen LogP contribution in [0.2, 0.25) is 0 Å². The molecule has 0 aliphatic carbocycles. The average molecular weight is 296 g/mol. The van der Waals surface area contributed by atoms with Crippen LogP contribution >= 0.6 is 0 Å². The number of rotatable bonds is 5. The minimum absolute atomic E-state index is 0.0379. The van der Waals surface area contributed by atoms with Gasteiger partial charge in [0.1, 0.15) is 16.3 Å². The fourth-order valence-corrected chi connectivity index (χ4v) is 2.54. The minimum Gasteiger partial charge on any atom is -0.508 e. The van der Waals surface area contributed by atoms with Gasteiger partial charge in [0.15, 0.2) is 0 Å². The molecule has 0 atom stereocenters. The molecule has 1 heterocycles. The predicted octanol–water partition coefficient (Wildman–Crippen LogP) is 0.897. The first-order valence-electron chi connectivity index (χ1n) is 5.58. The molecule has 0 aliphatic heterocycles. The highest BCUT2D eigenvalue weighted by atomic mass is 32.2. The van der Waals surface area contributed by atoms with Crippen molar-refractivity contribution in [1.29, 1.82) is 0 Å². The van der Waals surface area contributed by atoms with E-state index < -0.39 is 16.0 Å². The van der Waals surface area contributed by atoms with Crippen LogP contribution in [-0.4, -0.2) is 29.6 Å². The number of sulfonamides is 1. The molecule has 0 amide bonds. The molecule has 0 bridgehead atoms. The average Bonchev–Trinajstić information content (AvgIpc) is 2.89. The van der Waals surface area contributed by atoms with E-state index in [2.05, 4.69) is 9.71 Å². The van der Waals surface area contributed by atoms with Crippen molar-refractivity contribution in [1.82, 2.24) is 9.71 Å². The third kappa shape index (κ3) is 3.16. The third-order valence-electron chi connectivity index (χ3n) is 2.60. The monoisotopic (exact) mass is 296 g/mol. The van der Waals surface area contributed by atoms with E-state index in [0.29, 0.717) is 5.56 Å². The van der Waals surface area contributed by atoms with Gasteiger partial charge in [-0.25, -0.2) is 17.9 Å². The maximum absolute atomic E-state index is 11.9. The molecule has 0 saturated heterocycles. The van der Waals surface area contributed by atoms with Crippen LogP contribution in [0, 0.1) is 0 Å². The highest BCUT2D eigenvalue weighted by Crippen LogP contribution is 2.13. The van der Waals surface area contributed by atoms with Crippen molar-refractivity contribution in [3.05, 3.63) is 47.8 Å². The number of carbonyl (C=O) groups is 1. The van der Waals surface area contributed by atoms with Crippen LogP contribution < -0.4 is 4.72 Å². The number of phenolic OH excluding ortho intramolecular Hbond substituents is 1. The van der Waals surface area contributed by atoms with E-state index in [0.717, 1.165) is 12.3 Å². The van der Waals surface area contributed by atoms with Crippen LogP contribution in [0.25, 0.3) is 0 Å². The Morgan fingerprint density at radius 1 is 1.25 bits per heavy atom. The summed E-state index contributed by atoms with van der Waals surface area (Å²) < 4.78 is 26.2. The summed E-state index contributed by atoms with van der Waals surface area (Å²) in [6.45, 7) is 0.0379. The summed E-state index contributed by atoms with van der Waals surface area (Å²) in [5, 5.41) is 17.8. The standard InChI is InChI=1S/C12H12N2O5S/c15-9-3-1-8(2-4-9)6-14-20(18,19)10-5-11(12(16)17)13-7-10/h1-5,7,13-15H,6H2,(H,16,17). The van der Waals surface area contributed by atoms with Crippen LogP contribution in [0.15, 0.2) is 41.4 Å². The molecule has 4 N–H and O–H groups in total. The lowest BCUT2D eigenvalue weighted by Crippen LogP contribution is -2.22. The Morgan fingerprint density at radius 2 is 1.90 bits per heavy atom. The van der Waals surface area contributed by atoms with E-state index in [1.54, 1.807) is 12.1 Å². The molecule has 20 heavy (non-hydrogen) atoms. The van der Waals surface area contributed by atoms with Crippen molar-refractivity contribution in [2.45, 2.75) is 11.4 Å². The van der Waals surface area contributed by atoms with Gasteiger partial charge in [-0.1, -0.05) is 12.1 Å². The van der Waals surface area contributed by atoms with E-state index in [4.69, 9.17) is 10.2 Å². The van der Waals surface area contributed by atoms with Gasteiger partial charge in [0.05, 0.1) is 0 Å². The normalized spacial score (nSPS) is 11.4.